The smallest absolute Gasteiger partial charge is 0.334 e. The van der Waals surface area contributed by atoms with Gasteiger partial charge in [-0.25, -0.2) is 4.79 Å². The average molecular weight is 258 g/mol. The molecular formula is C15H18N2O2. The Morgan fingerprint density at radius 1 is 1.42 bits per heavy atom. The van der Waals surface area contributed by atoms with Gasteiger partial charge in [-0.1, -0.05) is 6.07 Å². The van der Waals surface area contributed by atoms with Crippen molar-refractivity contribution in [1.82, 2.24) is 0 Å². The van der Waals surface area contributed by atoms with Gasteiger partial charge in [0.25, 0.3) is 0 Å². The molecule has 2 N–H and O–H groups in total. The minimum atomic E-state index is -0.518. The van der Waals surface area contributed by atoms with Crippen molar-refractivity contribution in [3.63, 3.8) is 0 Å². The molecule has 0 aromatic heterocycles. The summed E-state index contributed by atoms with van der Waals surface area (Å²) in [6.07, 6.45) is 1.69. The number of carbonyl (C=O) groups excluding carboxylic acids is 1. The molecule has 0 unspecified atom stereocenters. The largest absolute Gasteiger partial charge is 0.457 e. The summed E-state index contributed by atoms with van der Waals surface area (Å²) in [5, 5.41) is 8.79. The highest BCUT2D eigenvalue weighted by Crippen LogP contribution is 2.17. The maximum Gasteiger partial charge on any atom is 0.334 e. The zero-order valence-electron chi connectivity index (χ0n) is 11.7. The molecule has 1 aromatic carbocycles. The van der Waals surface area contributed by atoms with Crippen LogP contribution in [0.4, 0.5) is 5.69 Å². The summed E-state index contributed by atoms with van der Waals surface area (Å²) in [5.41, 5.74) is 7.27. The van der Waals surface area contributed by atoms with E-state index in [1.165, 1.54) is 0 Å². The zero-order chi connectivity index (χ0) is 14.6. The Morgan fingerprint density at radius 2 is 2.05 bits per heavy atom. The first-order chi connectivity index (χ1) is 8.73. The Labute approximate surface area is 113 Å². The molecule has 4 heteroatoms. The van der Waals surface area contributed by atoms with Crippen molar-refractivity contribution in [3.8, 4) is 6.07 Å². The van der Waals surface area contributed by atoms with Crippen LogP contribution in [0.2, 0.25) is 0 Å². The Bertz CT molecular complexity index is 560. The van der Waals surface area contributed by atoms with E-state index in [-0.39, 0.29) is 5.97 Å². The fourth-order valence-electron chi connectivity index (χ4n) is 1.44. The molecule has 1 rings (SSSR count). The van der Waals surface area contributed by atoms with E-state index in [0.29, 0.717) is 16.8 Å². The van der Waals surface area contributed by atoms with Crippen LogP contribution in [0.25, 0.3) is 6.08 Å². The fraction of sp³-hybridized carbons (Fsp3) is 0.333. The second kappa shape index (κ2) is 5.57. The lowest BCUT2D eigenvalue weighted by Gasteiger charge is -2.19. The fourth-order valence-corrected chi connectivity index (χ4v) is 1.44. The van der Waals surface area contributed by atoms with E-state index in [1.54, 1.807) is 31.2 Å². The lowest BCUT2D eigenvalue weighted by atomic mass is 10.1. The maximum absolute atomic E-state index is 11.8. The summed E-state index contributed by atoms with van der Waals surface area (Å²) in [6.45, 7) is 7.14. The number of anilines is 1. The molecule has 0 heterocycles. The molecule has 0 atom stereocenters. The number of hydrogen-bond acceptors (Lipinski definition) is 4. The van der Waals surface area contributed by atoms with E-state index >= 15 is 0 Å². The number of rotatable bonds is 2. The van der Waals surface area contributed by atoms with E-state index in [0.717, 1.165) is 5.56 Å². The van der Waals surface area contributed by atoms with Crippen LogP contribution in [0.5, 0.6) is 0 Å². The molecule has 0 spiro atoms. The van der Waals surface area contributed by atoms with E-state index in [1.807, 2.05) is 26.8 Å². The third-order valence-electron chi connectivity index (χ3n) is 2.30. The Kier molecular flexibility index (Phi) is 4.34. The van der Waals surface area contributed by atoms with Crippen molar-refractivity contribution in [1.29, 1.82) is 5.26 Å². The Balaban J connectivity index is 2.94. The van der Waals surface area contributed by atoms with Gasteiger partial charge >= 0.3 is 5.97 Å². The minimum Gasteiger partial charge on any atom is -0.457 e. The topological polar surface area (TPSA) is 76.1 Å². The van der Waals surface area contributed by atoms with Gasteiger partial charge in [0.1, 0.15) is 11.7 Å². The Hall–Kier alpha value is -2.28. The second-order valence-electron chi connectivity index (χ2n) is 5.29. The molecule has 4 nitrogen and oxygen atoms in total. The summed E-state index contributed by atoms with van der Waals surface area (Å²) >= 11 is 0. The highest BCUT2D eigenvalue weighted by atomic mass is 16.6. The predicted octanol–water partition coefficient (Wildman–Crippen LogP) is 2.89. The van der Waals surface area contributed by atoms with Crippen LogP contribution in [0.15, 0.2) is 23.8 Å². The van der Waals surface area contributed by atoms with Crippen molar-refractivity contribution < 1.29 is 9.53 Å². The van der Waals surface area contributed by atoms with Crippen molar-refractivity contribution in [2.75, 3.05) is 5.73 Å². The van der Waals surface area contributed by atoms with Crippen molar-refractivity contribution in [2.24, 2.45) is 0 Å². The molecule has 0 radical (unpaired) electrons. The van der Waals surface area contributed by atoms with E-state index in [9.17, 15) is 4.79 Å². The average Bonchev–Trinajstić information content (AvgIpc) is 2.27. The molecule has 0 aliphatic heterocycles. The number of nitriles is 1. The summed E-state index contributed by atoms with van der Waals surface area (Å²) in [5.74, 6) is -0.365. The van der Waals surface area contributed by atoms with Gasteiger partial charge in [-0.15, -0.1) is 0 Å². The lowest BCUT2D eigenvalue weighted by molar-refractivity contribution is -0.149. The minimum absolute atomic E-state index is 0.365. The highest BCUT2D eigenvalue weighted by Gasteiger charge is 2.17. The molecule has 100 valence electrons. The summed E-state index contributed by atoms with van der Waals surface area (Å²) < 4.78 is 5.26. The van der Waals surface area contributed by atoms with E-state index in [4.69, 9.17) is 15.7 Å². The zero-order valence-corrected chi connectivity index (χ0v) is 11.7. The SMILES string of the molecule is C/C(=C\c1ccc(C#N)c(N)c1)C(=O)OC(C)(C)C. The molecule has 0 bridgehead atoms. The number of carbonyl (C=O) groups is 1. The van der Waals surface area contributed by atoms with Crippen molar-refractivity contribution in [3.05, 3.63) is 34.9 Å². The standard InChI is InChI=1S/C15H18N2O2/c1-10(14(18)19-15(2,3)4)7-11-5-6-12(9-16)13(17)8-11/h5-8H,17H2,1-4H3/b10-7+. The van der Waals surface area contributed by atoms with Gasteiger partial charge in [0, 0.05) is 5.57 Å². The third-order valence-corrected chi connectivity index (χ3v) is 2.30. The first-order valence-electron chi connectivity index (χ1n) is 5.94. The van der Waals surface area contributed by atoms with Crippen LogP contribution >= 0.6 is 0 Å². The number of hydrogen-bond donors (Lipinski definition) is 1. The first-order valence-corrected chi connectivity index (χ1v) is 5.94. The number of nitrogen functional groups attached to an aromatic ring is 1. The molecule has 1 aromatic rings. The van der Waals surface area contributed by atoms with Crippen LogP contribution in [0, 0.1) is 11.3 Å². The number of nitrogens with two attached hydrogens (primary N) is 1. The quantitative estimate of drug-likeness (QED) is 0.502. The predicted molar refractivity (Wildman–Crippen MR) is 75.1 cm³/mol. The van der Waals surface area contributed by atoms with Crippen LogP contribution in [0.1, 0.15) is 38.8 Å². The summed E-state index contributed by atoms with van der Waals surface area (Å²) in [7, 11) is 0. The molecule has 0 fully saturated rings. The number of esters is 1. The number of ether oxygens (including phenoxy) is 1. The van der Waals surface area contributed by atoms with Gasteiger partial charge in [0.2, 0.25) is 0 Å². The van der Waals surface area contributed by atoms with Crippen molar-refractivity contribution in [2.45, 2.75) is 33.3 Å². The number of nitrogens with zero attached hydrogens (tertiary/aromatic N) is 1. The molecule has 0 saturated carbocycles. The summed E-state index contributed by atoms with van der Waals surface area (Å²) in [6, 6.07) is 7.02. The molecule has 0 aliphatic carbocycles. The monoisotopic (exact) mass is 258 g/mol. The van der Waals surface area contributed by atoms with E-state index in [2.05, 4.69) is 0 Å². The lowest BCUT2D eigenvalue weighted by Crippen LogP contribution is -2.24. The molecular weight excluding hydrogens is 240 g/mol. The van der Waals surface area contributed by atoms with Gasteiger partial charge in [-0.05, 0) is 51.5 Å². The van der Waals surface area contributed by atoms with Gasteiger partial charge in [0.05, 0.1) is 11.3 Å². The second-order valence-corrected chi connectivity index (χ2v) is 5.29. The van der Waals surface area contributed by atoms with Crippen molar-refractivity contribution >= 4 is 17.7 Å². The van der Waals surface area contributed by atoms with Crippen LogP contribution in [0.3, 0.4) is 0 Å². The molecule has 0 aliphatic rings. The molecule has 19 heavy (non-hydrogen) atoms. The van der Waals surface area contributed by atoms with Crippen LogP contribution in [-0.4, -0.2) is 11.6 Å². The normalized spacial score (nSPS) is 11.8. The number of benzene rings is 1. The third kappa shape index (κ3) is 4.47. The first kappa shape index (κ1) is 14.8. The molecule has 0 amide bonds. The molecule has 0 saturated heterocycles. The summed E-state index contributed by atoms with van der Waals surface area (Å²) in [4.78, 5) is 11.8. The van der Waals surface area contributed by atoms with Gasteiger partial charge in [-0.2, -0.15) is 5.26 Å². The van der Waals surface area contributed by atoms with Crippen LogP contribution in [-0.2, 0) is 9.53 Å². The van der Waals surface area contributed by atoms with E-state index < -0.39 is 5.60 Å². The van der Waals surface area contributed by atoms with Crippen LogP contribution < -0.4 is 5.73 Å². The highest BCUT2D eigenvalue weighted by molar-refractivity contribution is 5.93. The Morgan fingerprint density at radius 3 is 2.53 bits per heavy atom. The van der Waals surface area contributed by atoms with Gasteiger partial charge in [-0.3, -0.25) is 0 Å². The maximum atomic E-state index is 11.8. The van der Waals surface area contributed by atoms with Gasteiger partial charge in [0.15, 0.2) is 0 Å². The van der Waals surface area contributed by atoms with Gasteiger partial charge < -0.3 is 10.5 Å².